The van der Waals surface area contributed by atoms with Gasteiger partial charge in [-0.1, -0.05) is 6.07 Å². The minimum Gasteiger partial charge on any atom is -0.358 e. The number of hydrogen-bond donors (Lipinski definition) is 0. The molecule has 1 aromatic heterocycles. The van der Waals surface area contributed by atoms with Gasteiger partial charge in [0.1, 0.15) is 5.82 Å². The van der Waals surface area contributed by atoms with Crippen molar-refractivity contribution < 1.29 is 4.39 Å². The number of anilines is 1. The lowest BCUT2D eigenvalue weighted by Crippen LogP contribution is -2.37. The van der Waals surface area contributed by atoms with Crippen molar-refractivity contribution in [1.82, 2.24) is 9.88 Å². The largest absolute Gasteiger partial charge is 0.358 e. The van der Waals surface area contributed by atoms with Gasteiger partial charge in [-0.15, -0.1) is 0 Å². The van der Waals surface area contributed by atoms with Gasteiger partial charge in [0.05, 0.1) is 0 Å². The van der Waals surface area contributed by atoms with Crippen molar-refractivity contribution in [2.24, 2.45) is 0 Å². The Labute approximate surface area is 95.9 Å². The summed E-state index contributed by atoms with van der Waals surface area (Å²) in [4.78, 5) is 8.26. The maximum absolute atomic E-state index is 13.0. The van der Waals surface area contributed by atoms with E-state index in [4.69, 9.17) is 0 Å². The molecule has 0 radical (unpaired) electrons. The Morgan fingerprint density at radius 2 is 2.38 bits per heavy atom. The van der Waals surface area contributed by atoms with Crippen LogP contribution in [0.5, 0.6) is 0 Å². The molecular weight excluding hydrogens is 205 g/mol. The number of likely N-dealkylation sites (tertiary alicyclic amines) is 1. The van der Waals surface area contributed by atoms with Crippen molar-refractivity contribution in [1.29, 1.82) is 0 Å². The second kappa shape index (κ2) is 4.78. The minimum atomic E-state index is -0.413. The monoisotopic (exact) mass is 223 g/mol. The highest BCUT2D eigenvalue weighted by molar-refractivity contribution is 5.36. The van der Waals surface area contributed by atoms with Crippen LogP contribution in [0.15, 0.2) is 18.2 Å². The molecule has 0 saturated carbocycles. The number of nitrogens with zero attached hydrogens (tertiary/aromatic N) is 3. The first kappa shape index (κ1) is 11.3. The average molecular weight is 223 g/mol. The lowest BCUT2D eigenvalue weighted by Gasteiger charge is -2.26. The molecule has 3 nitrogen and oxygen atoms in total. The van der Waals surface area contributed by atoms with Crippen molar-refractivity contribution in [2.75, 3.05) is 32.1 Å². The Hall–Kier alpha value is -1.16. The molecule has 1 aliphatic rings. The fourth-order valence-electron chi connectivity index (χ4n) is 2.23. The molecule has 1 saturated heterocycles. The molecule has 1 aliphatic heterocycles. The predicted molar refractivity (Wildman–Crippen MR) is 63.1 cm³/mol. The third-order valence-corrected chi connectivity index (χ3v) is 3.25. The average Bonchev–Trinajstić information content (AvgIpc) is 2.64. The molecule has 2 rings (SSSR count). The lowest BCUT2D eigenvalue weighted by atomic mass is 10.2. The summed E-state index contributed by atoms with van der Waals surface area (Å²) < 4.78 is 13.0. The van der Waals surface area contributed by atoms with Crippen molar-refractivity contribution in [3.63, 3.8) is 0 Å². The molecule has 0 N–H and O–H groups in total. The molecule has 1 atom stereocenters. The van der Waals surface area contributed by atoms with Crippen LogP contribution >= 0.6 is 0 Å². The molecule has 0 amide bonds. The van der Waals surface area contributed by atoms with Gasteiger partial charge in [-0.3, -0.25) is 0 Å². The van der Waals surface area contributed by atoms with E-state index in [0.717, 1.165) is 13.1 Å². The summed E-state index contributed by atoms with van der Waals surface area (Å²) in [5.41, 5.74) is 0. The van der Waals surface area contributed by atoms with E-state index in [2.05, 4.69) is 16.9 Å². The summed E-state index contributed by atoms with van der Waals surface area (Å²) in [6.45, 7) is 2.07. The van der Waals surface area contributed by atoms with E-state index >= 15 is 0 Å². The van der Waals surface area contributed by atoms with Crippen LogP contribution in [0.4, 0.5) is 10.2 Å². The molecule has 2 heterocycles. The predicted octanol–water partition coefficient (Wildman–Crippen LogP) is 1.75. The number of hydrogen-bond acceptors (Lipinski definition) is 3. The van der Waals surface area contributed by atoms with Crippen LogP contribution in [0, 0.1) is 5.95 Å². The minimum absolute atomic E-state index is 0.413. The number of aromatic nitrogens is 1. The molecule has 1 fully saturated rings. The van der Waals surface area contributed by atoms with Crippen LogP contribution in [-0.4, -0.2) is 43.1 Å². The summed E-state index contributed by atoms with van der Waals surface area (Å²) in [7, 11) is 4.11. The third-order valence-electron chi connectivity index (χ3n) is 3.25. The van der Waals surface area contributed by atoms with Gasteiger partial charge in [0.25, 0.3) is 0 Å². The van der Waals surface area contributed by atoms with Crippen molar-refractivity contribution >= 4 is 5.82 Å². The van der Waals surface area contributed by atoms with Crippen LogP contribution in [-0.2, 0) is 0 Å². The Morgan fingerprint density at radius 1 is 1.56 bits per heavy atom. The molecule has 16 heavy (non-hydrogen) atoms. The zero-order chi connectivity index (χ0) is 11.5. The highest BCUT2D eigenvalue weighted by Gasteiger charge is 2.22. The highest BCUT2D eigenvalue weighted by Crippen LogP contribution is 2.18. The summed E-state index contributed by atoms with van der Waals surface area (Å²) in [5.74, 6) is 0.296. The summed E-state index contributed by atoms with van der Waals surface area (Å²) in [6, 6.07) is 5.49. The Bertz CT molecular complexity index is 356. The van der Waals surface area contributed by atoms with E-state index in [9.17, 15) is 4.39 Å². The molecule has 1 aromatic rings. The third kappa shape index (κ3) is 2.50. The fourth-order valence-corrected chi connectivity index (χ4v) is 2.23. The van der Waals surface area contributed by atoms with E-state index < -0.39 is 5.95 Å². The molecule has 4 heteroatoms. The van der Waals surface area contributed by atoms with E-state index in [1.54, 1.807) is 6.07 Å². The fraction of sp³-hybridized carbons (Fsp3) is 0.583. The van der Waals surface area contributed by atoms with Crippen LogP contribution in [0.25, 0.3) is 0 Å². The quantitative estimate of drug-likeness (QED) is 0.728. The van der Waals surface area contributed by atoms with Crippen LogP contribution < -0.4 is 4.90 Å². The molecular formula is C12H18FN3. The topological polar surface area (TPSA) is 19.4 Å². The van der Waals surface area contributed by atoms with Gasteiger partial charge in [-0.05, 0) is 38.6 Å². The summed E-state index contributed by atoms with van der Waals surface area (Å²) >= 11 is 0. The van der Waals surface area contributed by atoms with E-state index in [0.29, 0.717) is 11.9 Å². The smallest absolute Gasteiger partial charge is 0.214 e. The van der Waals surface area contributed by atoms with E-state index in [-0.39, 0.29) is 0 Å². The Kier molecular flexibility index (Phi) is 3.39. The molecule has 0 aromatic carbocycles. The van der Waals surface area contributed by atoms with Gasteiger partial charge in [-0.2, -0.15) is 4.39 Å². The molecule has 0 aliphatic carbocycles. The second-order valence-electron chi connectivity index (χ2n) is 4.48. The van der Waals surface area contributed by atoms with E-state index in [1.165, 1.54) is 18.9 Å². The molecule has 0 spiro atoms. The zero-order valence-electron chi connectivity index (χ0n) is 9.86. The van der Waals surface area contributed by atoms with Crippen molar-refractivity contribution in [3.8, 4) is 0 Å². The van der Waals surface area contributed by atoms with Crippen LogP contribution in [0.3, 0.4) is 0 Å². The molecule has 0 bridgehead atoms. The first-order valence-corrected chi connectivity index (χ1v) is 5.71. The zero-order valence-corrected chi connectivity index (χ0v) is 9.86. The normalized spacial score (nSPS) is 21.3. The Morgan fingerprint density at radius 3 is 3.00 bits per heavy atom. The standard InChI is InChI=1S/C12H18FN3/c1-15-8-4-5-10(15)9-16(2)12-7-3-6-11(13)14-12/h3,6-7,10H,4-5,8-9H2,1-2H3. The first-order valence-electron chi connectivity index (χ1n) is 5.71. The lowest BCUT2D eigenvalue weighted by molar-refractivity contribution is 0.314. The molecule has 1 unspecified atom stereocenters. The Balaban J connectivity index is 1.99. The van der Waals surface area contributed by atoms with Crippen LogP contribution in [0.1, 0.15) is 12.8 Å². The number of halogens is 1. The number of likely N-dealkylation sites (N-methyl/N-ethyl adjacent to an activating group) is 2. The van der Waals surface area contributed by atoms with Gasteiger partial charge >= 0.3 is 0 Å². The van der Waals surface area contributed by atoms with E-state index in [1.807, 2.05) is 18.0 Å². The van der Waals surface area contributed by atoms with Crippen LogP contribution in [0.2, 0.25) is 0 Å². The van der Waals surface area contributed by atoms with Gasteiger partial charge in [0.2, 0.25) is 5.95 Å². The SMILES string of the molecule is CN(CC1CCCN1C)c1cccc(F)n1. The molecule has 88 valence electrons. The van der Waals surface area contributed by atoms with Crippen molar-refractivity contribution in [3.05, 3.63) is 24.1 Å². The summed E-state index contributed by atoms with van der Waals surface area (Å²) in [5, 5.41) is 0. The highest BCUT2D eigenvalue weighted by atomic mass is 19.1. The second-order valence-corrected chi connectivity index (χ2v) is 4.48. The number of pyridine rings is 1. The van der Waals surface area contributed by atoms with Crippen molar-refractivity contribution in [2.45, 2.75) is 18.9 Å². The maximum atomic E-state index is 13.0. The van der Waals surface area contributed by atoms with Gasteiger partial charge < -0.3 is 9.80 Å². The van der Waals surface area contributed by atoms with Gasteiger partial charge in [0.15, 0.2) is 0 Å². The first-order chi connectivity index (χ1) is 7.66. The van der Waals surface area contributed by atoms with Gasteiger partial charge in [0, 0.05) is 19.6 Å². The van der Waals surface area contributed by atoms with Gasteiger partial charge in [-0.25, -0.2) is 4.98 Å². The summed E-state index contributed by atoms with van der Waals surface area (Å²) in [6.07, 6.45) is 2.47. The number of rotatable bonds is 3. The maximum Gasteiger partial charge on any atom is 0.214 e.